The molecule has 0 unspecified atom stereocenters. The molecule has 1 aliphatic heterocycles. The fraction of sp³-hybridized carbons (Fsp3) is 0.800. The van der Waals surface area contributed by atoms with Gasteiger partial charge in [0.25, 0.3) is 0 Å². The van der Waals surface area contributed by atoms with Crippen LogP contribution in [-0.2, 0) is 9.59 Å². The summed E-state index contributed by atoms with van der Waals surface area (Å²) in [5, 5.41) is 0. The molecule has 1 rings (SSSR count). The van der Waals surface area contributed by atoms with E-state index in [9.17, 15) is 9.59 Å². The van der Waals surface area contributed by atoms with Crippen LogP contribution in [0, 0.1) is 0 Å². The van der Waals surface area contributed by atoms with Crippen LogP contribution in [0.5, 0.6) is 0 Å². The molecule has 1 aliphatic rings. The van der Waals surface area contributed by atoms with Crippen LogP contribution in [0.3, 0.4) is 0 Å². The van der Waals surface area contributed by atoms with Crippen LogP contribution in [0.2, 0.25) is 0 Å². The van der Waals surface area contributed by atoms with Gasteiger partial charge in [-0.15, -0.1) is 0 Å². The maximum absolute atomic E-state index is 11.7. The zero-order valence-corrected chi connectivity index (χ0v) is 9.62. The van der Waals surface area contributed by atoms with Crippen molar-refractivity contribution >= 4 is 11.8 Å². The van der Waals surface area contributed by atoms with Gasteiger partial charge < -0.3 is 15.5 Å². The fourth-order valence-corrected chi connectivity index (χ4v) is 1.56. The SMILES string of the molecule is CN1CCN(CC(C)(C)N)C(=O)CC1=O. The summed E-state index contributed by atoms with van der Waals surface area (Å²) >= 11 is 0. The number of nitrogens with zero attached hydrogens (tertiary/aromatic N) is 2. The molecule has 0 aromatic heterocycles. The Balaban J connectivity index is 2.67. The molecule has 0 aromatic rings. The number of hydrogen-bond acceptors (Lipinski definition) is 3. The van der Waals surface area contributed by atoms with E-state index in [2.05, 4.69) is 0 Å². The largest absolute Gasteiger partial charge is 0.344 e. The van der Waals surface area contributed by atoms with Gasteiger partial charge in [0.15, 0.2) is 0 Å². The smallest absolute Gasteiger partial charge is 0.232 e. The van der Waals surface area contributed by atoms with Gasteiger partial charge in [0.2, 0.25) is 11.8 Å². The second-order valence-electron chi connectivity index (χ2n) is 4.80. The lowest BCUT2D eigenvalue weighted by atomic mass is 10.1. The quantitative estimate of drug-likeness (QED) is 0.624. The molecule has 1 saturated heterocycles. The molecule has 86 valence electrons. The van der Waals surface area contributed by atoms with Gasteiger partial charge in [-0.1, -0.05) is 0 Å². The lowest BCUT2D eigenvalue weighted by molar-refractivity contribution is -0.137. The minimum Gasteiger partial charge on any atom is -0.344 e. The zero-order valence-electron chi connectivity index (χ0n) is 9.62. The third-order valence-corrected chi connectivity index (χ3v) is 2.38. The number of carbonyl (C=O) groups is 2. The van der Waals surface area contributed by atoms with Crippen LogP contribution < -0.4 is 5.73 Å². The van der Waals surface area contributed by atoms with E-state index in [1.165, 1.54) is 0 Å². The Morgan fingerprint density at radius 1 is 1.27 bits per heavy atom. The number of hydrogen-bond donors (Lipinski definition) is 1. The highest BCUT2D eigenvalue weighted by molar-refractivity contribution is 5.97. The maximum atomic E-state index is 11.7. The van der Waals surface area contributed by atoms with Crippen molar-refractivity contribution in [3.05, 3.63) is 0 Å². The molecular weight excluding hydrogens is 194 g/mol. The van der Waals surface area contributed by atoms with Crippen molar-refractivity contribution in [2.45, 2.75) is 25.8 Å². The van der Waals surface area contributed by atoms with Gasteiger partial charge in [-0.05, 0) is 13.8 Å². The molecular formula is C10H19N3O2. The predicted octanol–water partition coefficient (Wildman–Crippen LogP) is -0.586. The third-order valence-electron chi connectivity index (χ3n) is 2.38. The second-order valence-corrected chi connectivity index (χ2v) is 4.80. The lowest BCUT2D eigenvalue weighted by Gasteiger charge is -2.28. The molecule has 1 heterocycles. The zero-order chi connectivity index (χ0) is 11.6. The van der Waals surface area contributed by atoms with Crippen LogP contribution in [0.1, 0.15) is 20.3 Å². The van der Waals surface area contributed by atoms with Gasteiger partial charge >= 0.3 is 0 Å². The van der Waals surface area contributed by atoms with Crippen molar-refractivity contribution in [2.75, 3.05) is 26.7 Å². The first-order chi connectivity index (χ1) is 6.79. The maximum Gasteiger partial charge on any atom is 0.232 e. The lowest BCUT2D eigenvalue weighted by Crippen LogP contribution is -2.48. The van der Waals surface area contributed by atoms with Crippen LogP contribution in [-0.4, -0.2) is 53.8 Å². The number of rotatable bonds is 2. The summed E-state index contributed by atoms with van der Waals surface area (Å²) in [6, 6.07) is 0. The van der Waals surface area contributed by atoms with Crippen molar-refractivity contribution in [1.29, 1.82) is 0 Å². The number of carbonyl (C=O) groups excluding carboxylic acids is 2. The van der Waals surface area contributed by atoms with E-state index in [0.717, 1.165) is 0 Å². The van der Waals surface area contributed by atoms with Crippen LogP contribution in [0.15, 0.2) is 0 Å². The molecule has 0 bridgehead atoms. The van der Waals surface area contributed by atoms with E-state index in [1.807, 2.05) is 13.8 Å². The number of amides is 2. The Morgan fingerprint density at radius 3 is 2.40 bits per heavy atom. The molecule has 5 nitrogen and oxygen atoms in total. The summed E-state index contributed by atoms with van der Waals surface area (Å²) in [5.41, 5.74) is 5.44. The summed E-state index contributed by atoms with van der Waals surface area (Å²) in [6.45, 7) is 5.39. The van der Waals surface area contributed by atoms with E-state index >= 15 is 0 Å². The van der Waals surface area contributed by atoms with Crippen LogP contribution >= 0.6 is 0 Å². The Morgan fingerprint density at radius 2 is 1.87 bits per heavy atom. The molecule has 2 N–H and O–H groups in total. The average Bonchev–Trinajstić information content (AvgIpc) is 2.17. The summed E-state index contributed by atoms with van der Waals surface area (Å²) in [4.78, 5) is 26.3. The molecule has 15 heavy (non-hydrogen) atoms. The van der Waals surface area contributed by atoms with Gasteiger partial charge in [0, 0.05) is 32.2 Å². The van der Waals surface area contributed by atoms with Gasteiger partial charge in [-0.2, -0.15) is 0 Å². The van der Waals surface area contributed by atoms with Gasteiger partial charge in [-0.3, -0.25) is 9.59 Å². The first kappa shape index (κ1) is 12.0. The first-order valence-corrected chi connectivity index (χ1v) is 5.10. The van der Waals surface area contributed by atoms with Gasteiger partial charge in [0.05, 0.1) is 0 Å². The van der Waals surface area contributed by atoms with Crippen molar-refractivity contribution in [2.24, 2.45) is 5.73 Å². The summed E-state index contributed by atoms with van der Waals surface area (Å²) < 4.78 is 0. The van der Waals surface area contributed by atoms with E-state index in [4.69, 9.17) is 5.73 Å². The minimum atomic E-state index is -0.415. The van der Waals surface area contributed by atoms with E-state index in [0.29, 0.717) is 19.6 Å². The predicted molar refractivity (Wildman–Crippen MR) is 57.1 cm³/mol. The molecule has 0 aliphatic carbocycles. The van der Waals surface area contributed by atoms with Gasteiger partial charge in [0.1, 0.15) is 6.42 Å². The standard InChI is InChI=1S/C10H19N3O2/c1-10(2,11)7-13-5-4-12(3)8(14)6-9(13)15/h4-7,11H2,1-3H3. The van der Waals surface area contributed by atoms with Crippen molar-refractivity contribution in [3.8, 4) is 0 Å². The first-order valence-electron chi connectivity index (χ1n) is 5.10. The topological polar surface area (TPSA) is 66.6 Å². The molecule has 0 spiro atoms. The molecule has 1 fully saturated rings. The van der Waals surface area contributed by atoms with Crippen molar-refractivity contribution in [3.63, 3.8) is 0 Å². The monoisotopic (exact) mass is 213 g/mol. The molecule has 2 amide bonds. The molecule has 0 radical (unpaired) electrons. The second kappa shape index (κ2) is 4.18. The highest BCUT2D eigenvalue weighted by Gasteiger charge is 2.27. The third kappa shape index (κ3) is 3.51. The van der Waals surface area contributed by atoms with E-state index < -0.39 is 5.54 Å². The number of nitrogens with two attached hydrogens (primary N) is 1. The molecule has 0 saturated carbocycles. The van der Waals surface area contributed by atoms with Crippen LogP contribution in [0.4, 0.5) is 0 Å². The highest BCUT2D eigenvalue weighted by atomic mass is 16.2. The number of likely N-dealkylation sites (N-methyl/N-ethyl adjacent to an activating group) is 1. The van der Waals surface area contributed by atoms with Crippen LogP contribution in [0.25, 0.3) is 0 Å². The fourth-order valence-electron chi connectivity index (χ4n) is 1.56. The van der Waals surface area contributed by atoms with Crippen molar-refractivity contribution in [1.82, 2.24) is 9.80 Å². The Labute approximate surface area is 90.2 Å². The molecule has 0 aromatic carbocycles. The van der Waals surface area contributed by atoms with E-state index in [-0.39, 0.29) is 18.2 Å². The summed E-state index contributed by atoms with van der Waals surface area (Å²) in [5.74, 6) is -0.236. The highest BCUT2D eigenvalue weighted by Crippen LogP contribution is 2.08. The van der Waals surface area contributed by atoms with Crippen molar-refractivity contribution < 1.29 is 9.59 Å². The summed E-state index contributed by atoms with van der Waals surface area (Å²) in [7, 11) is 1.71. The normalized spacial score (nSPS) is 19.5. The minimum absolute atomic E-state index is 0.0351. The van der Waals surface area contributed by atoms with E-state index in [1.54, 1.807) is 16.8 Å². The molecule has 5 heteroatoms. The molecule has 0 atom stereocenters. The Hall–Kier alpha value is -1.10. The Kier molecular flexibility index (Phi) is 3.34. The Bertz CT molecular complexity index is 270. The van der Waals surface area contributed by atoms with Gasteiger partial charge in [-0.25, -0.2) is 0 Å². The average molecular weight is 213 g/mol. The summed E-state index contributed by atoms with van der Waals surface area (Å²) in [6.07, 6.45) is -0.0351.